The van der Waals surface area contributed by atoms with Gasteiger partial charge in [0.25, 0.3) is 10.0 Å². The zero-order valence-corrected chi connectivity index (χ0v) is 20.6. The van der Waals surface area contributed by atoms with E-state index in [-0.39, 0.29) is 41.8 Å². The number of sulfonamides is 1. The second kappa shape index (κ2) is 8.53. The normalized spacial score (nSPS) is 19.7. The molecule has 4 aromatic rings. The summed E-state index contributed by atoms with van der Waals surface area (Å²) in [6, 6.07) is 11.1. The number of benzene rings is 1. The van der Waals surface area contributed by atoms with E-state index in [2.05, 4.69) is 20.3 Å². The molecule has 188 valence electrons. The lowest BCUT2D eigenvalue weighted by Crippen LogP contribution is -2.53. The number of aromatic nitrogens is 6. The molecule has 37 heavy (non-hydrogen) atoms. The zero-order chi connectivity index (χ0) is 25.8. The number of hydrogen-bond acceptors (Lipinski definition) is 7. The summed E-state index contributed by atoms with van der Waals surface area (Å²) >= 11 is 0. The topological polar surface area (TPSA) is 116 Å². The number of ketones is 1. The van der Waals surface area contributed by atoms with Gasteiger partial charge in [-0.15, -0.1) is 5.10 Å². The third kappa shape index (κ3) is 3.80. The first-order valence-electron chi connectivity index (χ1n) is 11.6. The monoisotopic (exact) mass is 519 g/mol. The Labute approximate surface area is 212 Å². The molecular formula is C25H22FN7O3S. The van der Waals surface area contributed by atoms with Gasteiger partial charge >= 0.3 is 0 Å². The number of fused-ring (bicyclic) bond motifs is 2. The summed E-state index contributed by atoms with van der Waals surface area (Å²) in [4.78, 5) is 19.5. The van der Waals surface area contributed by atoms with E-state index in [0.717, 1.165) is 16.8 Å². The highest BCUT2D eigenvalue weighted by molar-refractivity contribution is 7.89. The lowest BCUT2D eigenvalue weighted by atomic mass is 9.65. The Bertz CT molecular complexity index is 1640. The number of Topliss-reactive ketones (excluding diaryl/α,β-unsaturated/α-hetero) is 1. The number of piperidine rings is 1. The van der Waals surface area contributed by atoms with E-state index in [1.165, 1.54) is 27.4 Å². The molecule has 0 saturated carbocycles. The Kier molecular flexibility index (Phi) is 5.39. The molecule has 1 aliphatic heterocycles. The van der Waals surface area contributed by atoms with E-state index < -0.39 is 15.4 Å². The van der Waals surface area contributed by atoms with Gasteiger partial charge in [0, 0.05) is 26.3 Å². The fourth-order valence-corrected chi connectivity index (χ4v) is 6.52. The average Bonchev–Trinajstić information content (AvgIpc) is 3.53. The Morgan fingerprint density at radius 2 is 1.89 bits per heavy atom. The van der Waals surface area contributed by atoms with E-state index in [1.807, 2.05) is 6.08 Å². The molecule has 4 heterocycles. The van der Waals surface area contributed by atoms with Crippen LogP contribution in [0, 0.1) is 11.2 Å². The number of aryl methyl sites for hydroxylation is 1. The molecule has 0 spiro atoms. The number of halogens is 1. The highest BCUT2D eigenvalue weighted by atomic mass is 32.2. The zero-order valence-electron chi connectivity index (χ0n) is 19.8. The number of pyridine rings is 1. The van der Waals surface area contributed by atoms with Crippen molar-refractivity contribution in [2.45, 2.75) is 17.9 Å². The molecule has 1 unspecified atom stereocenters. The second-order valence-corrected chi connectivity index (χ2v) is 11.1. The SMILES string of the molecule is Cn1ncc(S(=O)(=O)N2CCC3=Cc4c(cnn4-c4ccc(F)cc4)CC3(C(=O)c3ccccn3)C2)n1. The van der Waals surface area contributed by atoms with Crippen molar-refractivity contribution in [3.05, 3.63) is 89.4 Å². The van der Waals surface area contributed by atoms with Crippen LogP contribution in [0.1, 0.15) is 28.2 Å². The summed E-state index contributed by atoms with van der Waals surface area (Å²) in [6.07, 6.45) is 6.94. The van der Waals surface area contributed by atoms with Gasteiger partial charge in [-0.05, 0) is 60.9 Å². The van der Waals surface area contributed by atoms with E-state index >= 15 is 0 Å². The van der Waals surface area contributed by atoms with E-state index in [4.69, 9.17) is 0 Å². The predicted molar refractivity (Wildman–Crippen MR) is 131 cm³/mol. The van der Waals surface area contributed by atoms with Gasteiger partial charge in [-0.25, -0.2) is 17.5 Å². The number of rotatable bonds is 5. The van der Waals surface area contributed by atoms with Gasteiger partial charge in [0.2, 0.25) is 5.03 Å². The molecule has 1 aliphatic carbocycles. The van der Waals surface area contributed by atoms with Crippen molar-refractivity contribution in [2.24, 2.45) is 12.5 Å². The van der Waals surface area contributed by atoms with Gasteiger partial charge in [-0.3, -0.25) is 9.78 Å². The van der Waals surface area contributed by atoms with Gasteiger partial charge in [0.1, 0.15) is 11.5 Å². The molecule has 6 rings (SSSR count). The fraction of sp³-hybridized carbons (Fsp3) is 0.240. The van der Waals surface area contributed by atoms with Crippen LogP contribution < -0.4 is 0 Å². The molecule has 10 nitrogen and oxygen atoms in total. The molecular weight excluding hydrogens is 497 g/mol. The summed E-state index contributed by atoms with van der Waals surface area (Å²) in [5.74, 6) is -0.599. The number of carbonyl (C=O) groups excluding carboxylic acids is 1. The Morgan fingerprint density at radius 1 is 1.08 bits per heavy atom. The highest BCUT2D eigenvalue weighted by Crippen LogP contribution is 2.47. The molecule has 0 amide bonds. The third-order valence-electron chi connectivity index (χ3n) is 6.97. The molecule has 0 bridgehead atoms. The maximum absolute atomic E-state index is 14.1. The first-order chi connectivity index (χ1) is 17.8. The maximum Gasteiger partial charge on any atom is 0.264 e. The van der Waals surface area contributed by atoms with Crippen molar-refractivity contribution in [3.8, 4) is 5.69 Å². The second-order valence-electron chi connectivity index (χ2n) is 9.18. The molecule has 1 saturated heterocycles. The summed E-state index contributed by atoms with van der Waals surface area (Å²) in [6.45, 7) is 0.121. The molecule has 1 aromatic carbocycles. The third-order valence-corrected chi connectivity index (χ3v) is 8.67. The van der Waals surface area contributed by atoms with E-state index in [9.17, 15) is 17.6 Å². The van der Waals surface area contributed by atoms with Crippen molar-refractivity contribution < 1.29 is 17.6 Å². The van der Waals surface area contributed by atoms with E-state index in [1.54, 1.807) is 54.5 Å². The van der Waals surface area contributed by atoms with Gasteiger partial charge in [-0.2, -0.15) is 19.3 Å². The number of carbonyl (C=O) groups is 1. The smallest absolute Gasteiger partial charge is 0.264 e. The van der Waals surface area contributed by atoms with Crippen LogP contribution in [0.3, 0.4) is 0 Å². The molecule has 0 N–H and O–H groups in total. The highest BCUT2D eigenvalue weighted by Gasteiger charge is 2.51. The average molecular weight is 520 g/mol. The van der Waals surface area contributed by atoms with Crippen LogP contribution in [0.2, 0.25) is 0 Å². The standard InChI is InChI=1S/C25H22FN7O3S/c1-31-28-15-23(30-31)37(35,36)32-11-9-18-12-22-17(14-29-33(22)20-7-5-19(26)6-8-20)13-25(18,16-32)24(34)21-4-2-3-10-27-21/h2-8,10,12,14-15H,9,11,13,16H2,1H3. The van der Waals surface area contributed by atoms with Crippen LogP contribution in [-0.2, 0) is 23.5 Å². The Morgan fingerprint density at radius 3 is 2.59 bits per heavy atom. The quantitative estimate of drug-likeness (QED) is 0.372. The summed E-state index contributed by atoms with van der Waals surface area (Å²) in [5, 5.41) is 12.2. The van der Waals surface area contributed by atoms with Crippen molar-refractivity contribution in [3.63, 3.8) is 0 Å². The minimum atomic E-state index is -3.98. The first kappa shape index (κ1) is 23.4. The lowest BCUT2D eigenvalue weighted by Gasteiger charge is -2.44. The minimum Gasteiger partial charge on any atom is -0.291 e. The predicted octanol–water partition coefficient (Wildman–Crippen LogP) is 2.44. The molecule has 2 aliphatic rings. The van der Waals surface area contributed by atoms with Crippen molar-refractivity contribution in [1.82, 2.24) is 34.1 Å². The van der Waals surface area contributed by atoms with Crippen molar-refractivity contribution in [2.75, 3.05) is 13.1 Å². The summed E-state index contributed by atoms with van der Waals surface area (Å²) in [7, 11) is -2.44. The molecule has 3 aromatic heterocycles. The van der Waals surface area contributed by atoms with Gasteiger partial charge in [0.15, 0.2) is 5.78 Å². The van der Waals surface area contributed by atoms with Gasteiger partial charge in [0.05, 0.1) is 29.2 Å². The maximum atomic E-state index is 14.1. The first-order valence-corrected chi connectivity index (χ1v) is 13.1. The van der Waals surface area contributed by atoms with Crippen LogP contribution >= 0.6 is 0 Å². The largest absolute Gasteiger partial charge is 0.291 e. The Hall–Kier alpha value is -4.03. The van der Waals surface area contributed by atoms with Gasteiger partial charge < -0.3 is 0 Å². The van der Waals surface area contributed by atoms with Crippen LogP contribution in [0.25, 0.3) is 11.8 Å². The molecule has 0 radical (unpaired) electrons. The minimum absolute atomic E-state index is 0.0612. The van der Waals surface area contributed by atoms with E-state index in [0.29, 0.717) is 12.1 Å². The molecule has 1 fully saturated rings. The molecule has 12 heteroatoms. The van der Waals surface area contributed by atoms with Crippen molar-refractivity contribution in [1.29, 1.82) is 0 Å². The fourth-order valence-electron chi connectivity index (χ4n) is 5.13. The van der Waals surface area contributed by atoms with Crippen molar-refractivity contribution >= 4 is 21.9 Å². The van der Waals surface area contributed by atoms with Gasteiger partial charge in [-0.1, -0.05) is 11.6 Å². The Balaban J connectivity index is 1.45. The summed E-state index contributed by atoms with van der Waals surface area (Å²) < 4.78 is 43.4. The van der Waals surface area contributed by atoms with Crippen LogP contribution in [0.5, 0.6) is 0 Å². The number of nitrogens with zero attached hydrogens (tertiary/aromatic N) is 7. The lowest BCUT2D eigenvalue weighted by molar-refractivity contribution is 0.0770. The van der Waals surface area contributed by atoms with Crippen LogP contribution in [-0.4, -0.2) is 61.4 Å². The molecule has 1 atom stereocenters. The van der Waals surface area contributed by atoms with Crippen LogP contribution in [0.4, 0.5) is 4.39 Å². The number of hydrogen-bond donors (Lipinski definition) is 0. The van der Waals surface area contributed by atoms with Crippen LogP contribution in [0.15, 0.2) is 71.7 Å². The summed E-state index contributed by atoms with van der Waals surface area (Å²) in [5.41, 5.74) is 2.18.